The summed E-state index contributed by atoms with van der Waals surface area (Å²) in [5, 5.41) is 3.33. The molecule has 0 aromatic rings. The third kappa shape index (κ3) is 3.24. The van der Waals surface area contributed by atoms with Crippen molar-refractivity contribution in [2.75, 3.05) is 25.1 Å². The van der Waals surface area contributed by atoms with Crippen LogP contribution in [0.1, 0.15) is 19.3 Å². The molecule has 2 aliphatic heterocycles. The molecule has 1 saturated heterocycles. The summed E-state index contributed by atoms with van der Waals surface area (Å²) >= 11 is 1.49. The van der Waals surface area contributed by atoms with Gasteiger partial charge in [0.15, 0.2) is 5.17 Å². The maximum absolute atomic E-state index is 12.1. The van der Waals surface area contributed by atoms with Gasteiger partial charge in [0, 0.05) is 12.3 Å². The Kier molecular flexibility index (Phi) is 4.29. The summed E-state index contributed by atoms with van der Waals surface area (Å²) in [7, 11) is -3.33. The number of sulfonamides is 1. The molecule has 0 aromatic carbocycles. The summed E-state index contributed by atoms with van der Waals surface area (Å²) in [5.74, 6) is 0.615. The van der Waals surface area contributed by atoms with E-state index in [1.165, 1.54) is 16.1 Å². The van der Waals surface area contributed by atoms with Crippen molar-refractivity contribution in [3.8, 4) is 0 Å². The molecule has 2 aliphatic rings. The fraction of sp³-hybridized carbons (Fsp3) is 0.800. The van der Waals surface area contributed by atoms with E-state index < -0.39 is 16.1 Å². The van der Waals surface area contributed by atoms with E-state index in [2.05, 4.69) is 10.3 Å². The Morgan fingerprint density at radius 3 is 2.89 bits per heavy atom. The van der Waals surface area contributed by atoms with Crippen LogP contribution in [0, 0.1) is 0 Å². The van der Waals surface area contributed by atoms with E-state index in [1.54, 1.807) is 0 Å². The van der Waals surface area contributed by atoms with Gasteiger partial charge < -0.3 is 5.32 Å². The molecule has 1 N–H and O–H groups in total. The van der Waals surface area contributed by atoms with Gasteiger partial charge in [-0.3, -0.25) is 9.79 Å². The van der Waals surface area contributed by atoms with Crippen LogP contribution in [0.15, 0.2) is 4.99 Å². The molecule has 1 fully saturated rings. The van der Waals surface area contributed by atoms with Gasteiger partial charge in [-0.1, -0.05) is 18.2 Å². The number of piperidine rings is 1. The fourth-order valence-electron chi connectivity index (χ4n) is 2.16. The lowest BCUT2D eigenvalue weighted by molar-refractivity contribution is -0.124. The first-order valence-electron chi connectivity index (χ1n) is 5.93. The quantitative estimate of drug-likeness (QED) is 0.778. The standard InChI is InChI=1S/C10H17N3O3S2/c1-18(15,16)13-6-3-2-4-8(13)9(14)12-10-11-5-7-17-10/h8H,2-7H2,1H3,(H,11,12,14)/t8-/m0/s1. The van der Waals surface area contributed by atoms with Crippen LogP contribution < -0.4 is 5.32 Å². The smallest absolute Gasteiger partial charge is 0.244 e. The molecule has 0 bridgehead atoms. The molecule has 1 atom stereocenters. The average molecular weight is 291 g/mol. The van der Waals surface area contributed by atoms with E-state index in [4.69, 9.17) is 0 Å². The highest BCUT2D eigenvalue weighted by atomic mass is 32.2. The van der Waals surface area contributed by atoms with Gasteiger partial charge in [0.2, 0.25) is 15.9 Å². The summed E-state index contributed by atoms with van der Waals surface area (Å²) in [5.41, 5.74) is 0. The number of carbonyl (C=O) groups excluding carboxylic acids is 1. The molecule has 1 amide bonds. The molecule has 0 aromatic heterocycles. The molecule has 0 radical (unpaired) electrons. The van der Waals surface area contributed by atoms with E-state index in [0.29, 0.717) is 24.7 Å². The van der Waals surface area contributed by atoms with Crippen LogP contribution in [0.2, 0.25) is 0 Å². The van der Waals surface area contributed by atoms with Crippen molar-refractivity contribution in [2.45, 2.75) is 25.3 Å². The van der Waals surface area contributed by atoms with Gasteiger partial charge in [-0.2, -0.15) is 4.31 Å². The summed E-state index contributed by atoms with van der Waals surface area (Å²) in [6, 6.07) is -0.586. The van der Waals surface area contributed by atoms with Crippen molar-refractivity contribution >= 4 is 32.9 Å². The molecule has 102 valence electrons. The van der Waals surface area contributed by atoms with Crippen LogP contribution in [0.4, 0.5) is 0 Å². The van der Waals surface area contributed by atoms with Gasteiger partial charge in [0.25, 0.3) is 0 Å². The largest absolute Gasteiger partial charge is 0.304 e. The highest BCUT2D eigenvalue weighted by molar-refractivity contribution is 8.14. The lowest BCUT2D eigenvalue weighted by atomic mass is 10.0. The van der Waals surface area contributed by atoms with Gasteiger partial charge >= 0.3 is 0 Å². The highest BCUT2D eigenvalue weighted by Crippen LogP contribution is 2.20. The number of hydrogen-bond donors (Lipinski definition) is 1. The number of thioether (sulfide) groups is 1. The molecule has 2 heterocycles. The number of nitrogens with zero attached hydrogens (tertiary/aromatic N) is 2. The molecular formula is C10H17N3O3S2. The van der Waals surface area contributed by atoms with E-state index in [9.17, 15) is 13.2 Å². The van der Waals surface area contributed by atoms with Crippen molar-refractivity contribution in [1.29, 1.82) is 0 Å². The predicted octanol–water partition coefficient (Wildman–Crippen LogP) is 0.0195. The van der Waals surface area contributed by atoms with Crippen molar-refractivity contribution in [3.63, 3.8) is 0 Å². The number of nitrogens with one attached hydrogen (secondary N) is 1. The maximum atomic E-state index is 12.1. The number of rotatable bonds is 2. The maximum Gasteiger partial charge on any atom is 0.244 e. The molecule has 0 unspecified atom stereocenters. The third-order valence-electron chi connectivity index (χ3n) is 3.00. The van der Waals surface area contributed by atoms with Crippen molar-refractivity contribution in [2.24, 2.45) is 4.99 Å². The van der Waals surface area contributed by atoms with Crippen molar-refractivity contribution in [3.05, 3.63) is 0 Å². The van der Waals surface area contributed by atoms with Crippen LogP contribution in [0.25, 0.3) is 0 Å². The Morgan fingerprint density at radius 2 is 2.28 bits per heavy atom. The van der Waals surface area contributed by atoms with Gasteiger partial charge in [0.05, 0.1) is 12.8 Å². The monoisotopic (exact) mass is 291 g/mol. The van der Waals surface area contributed by atoms with Gasteiger partial charge in [-0.15, -0.1) is 0 Å². The molecule has 0 spiro atoms. The minimum absolute atomic E-state index is 0.256. The summed E-state index contributed by atoms with van der Waals surface area (Å²) < 4.78 is 24.6. The zero-order valence-electron chi connectivity index (χ0n) is 10.3. The molecule has 8 heteroatoms. The first-order chi connectivity index (χ1) is 8.48. The van der Waals surface area contributed by atoms with E-state index >= 15 is 0 Å². The zero-order valence-corrected chi connectivity index (χ0v) is 11.9. The summed E-state index contributed by atoms with van der Waals surface area (Å²) in [4.78, 5) is 16.2. The second-order valence-electron chi connectivity index (χ2n) is 4.41. The van der Waals surface area contributed by atoms with E-state index in [-0.39, 0.29) is 5.91 Å². The topological polar surface area (TPSA) is 78.8 Å². The first kappa shape index (κ1) is 13.8. The molecule has 6 nitrogen and oxygen atoms in total. The minimum Gasteiger partial charge on any atom is -0.304 e. The third-order valence-corrected chi connectivity index (χ3v) is 5.18. The molecule has 2 rings (SSSR count). The van der Waals surface area contributed by atoms with Gasteiger partial charge in [-0.05, 0) is 12.8 Å². The number of hydrogen-bond acceptors (Lipinski definition) is 5. The molecule has 0 aliphatic carbocycles. The highest BCUT2D eigenvalue weighted by Gasteiger charge is 2.34. The molecule has 18 heavy (non-hydrogen) atoms. The molecule has 0 saturated carbocycles. The molecular weight excluding hydrogens is 274 g/mol. The Morgan fingerprint density at radius 1 is 1.50 bits per heavy atom. The number of amidine groups is 1. The summed E-state index contributed by atoms with van der Waals surface area (Å²) in [6.45, 7) is 1.14. The Balaban J connectivity index is 2.06. The fourth-order valence-corrected chi connectivity index (χ4v) is 4.02. The summed E-state index contributed by atoms with van der Waals surface area (Å²) in [6.07, 6.45) is 3.42. The normalized spacial score (nSPS) is 25.8. The van der Waals surface area contributed by atoms with Crippen molar-refractivity contribution in [1.82, 2.24) is 9.62 Å². The Bertz CT molecular complexity index is 461. The number of carbonyl (C=O) groups is 1. The van der Waals surface area contributed by atoms with Gasteiger partial charge in [0.1, 0.15) is 6.04 Å². The number of aliphatic imine (C=N–C) groups is 1. The van der Waals surface area contributed by atoms with Crippen LogP contribution in [-0.2, 0) is 14.8 Å². The second kappa shape index (κ2) is 5.58. The number of amides is 1. The minimum atomic E-state index is -3.33. The van der Waals surface area contributed by atoms with Crippen molar-refractivity contribution < 1.29 is 13.2 Å². The average Bonchev–Trinajstić information content (AvgIpc) is 2.80. The van der Waals surface area contributed by atoms with Gasteiger partial charge in [-0.25, -0.2) is 8.42 Å². The Labute approximate surface area is 111 Å². The SMILES string of the molecule is CS(=O)(=O)N1CCCC[C@H]1C(=O)NC1=NCCS1. The van der Waals surface area contributed by atoms with Crippen LogP contribution >= 0.6 is 11.8 Å². The zero-order chi connectivity index (χ0) is 13.2. The van der Waals surface area contributed by atoms with E-state index in [1.807, 2.05) is 0 Å². The van der Waals surface area contributed by atoms with Crippen LogP contribution in [0.3, 0.4) is 0 Å². The first-order valence-corrected chi connectivity index (χ1v) is 8.77. The van der Waals surface area contributed by atoms with E-state index in [0.717, 1.165) is 24.9 Å². The predicted molar refractivity (Wildman–Crippen MR) is 72.1 cm³/mol. The lowest BCUT2D eigenvalue weighted by Gasteiger charge is -2.32. The van der Waals surface area contributed by atoms with Crippen LogP contribution in [0.5, 0.6) is 0 Å². The lowest BCUT2D eigenvalue weighted by Crippen LogP contribution is -2.52. The Hall–Kier alpha value is -0.600. The van der Waals surface area contributed by atoms with Crippen LogP contribution in [-0.4, -0.2) is 54.9 Å². The second-order valence-corrected chi connectivity index (χ2v) is 7.43.